The lowest BCUT2D eigenvalue weighted by Crippen LogP contribution is -2.40. The van der Waals surface area contributed by atoms with Crippen LogP contribution in [0.25, 0.3) is 0 Å². The normalized spacial score (nSPS) is 25.7. The third-order valence-electron chi connectivity index (χ3n) is 2.26. The highest BCUT2D eigenvalue weighted by Crippen LogP contribution is 2.30. The highest BCUT2D eigenvalue weighted by atomic mass is 16.8. The van der Waals surface area contributed by atoms with Crippen LogP contribution in [0.2, 0.25) is 0 Å². The van der Waals surface area contributed by atoms with Crippen molar-refractivity contribution in [2.45, 2.75) is 71.7 Å². The predicted molar refractivity (Wildman–Crippen MR) is 66.3 cm³/mol. The first-order valence-electron chi connectivity index (χ1n) is 6.39. The van der Waals surface area contributed by atoms with Crippen LogP contribution >= 0.6 is 0 Å². The Kier molecular flexibility index (Phi) is 4.92. The van der Waals surface area contributed by atoms with E-state index in [1.807, 2.05) is 0 Å². The molecule has 0 amide bonds. The highest BCUT2D eigenvalue weighted by molar-refractivity contribution is 5.86. The molecular formula is C13H22O6. The summed E-state index contributed by atoms with van der Waals surface area (Å²) in [6.07, 6.45) is -2.77. The van der Waals surface area contributed by atoms with Gasteiger partial charge in [-0.1, -0.05) is 0 Å². The third kappa shape index (κ3) is 4.47. The molecular weight excluding hydrogens is 252 g/mol. The van der Waals surface area contributed by atoms with Crippen LogP contribution in [0.15, 0.2) is 0 Å². The average Bonchev–Trinajstić information content (AvgIpc) is 2.52. The van der Waals surface area contributed by atoms with Gasteiger partial charge in [-0.25, -0.2) is 9.59 Å². The van der Waals surface area contributed by atoms with Gasteiger partial charge in [-0.15, -0.1) is 0 Å². The molecule has 19 heavy (non-hydrogen) atoms. The number of carbonyl (C=O) groups is 2. The lowest BCUT2D eigenvalue weighted by Gasteiger charge is -2.17. The monoisotopic (exact) mass is 274 g/mol. The van der Waals surface area contributed by atoms with Gasteiger partial charge >= 0.3 is 11.9 Å². The van der Waals surface area contributed by atoms with Crippen molar-refractivity contribution in [3.05, 3.63) is 0 Å². The molecule has 0 aromatic rings. The van der Waals surface area contributed by atoms with E-state index in [2.05, 4.69) is 0 Å². The highest BCUT2D eigenvalue weighted by Gasteiger charge is 2.51. The summed E-state index contributed by atoms with van der Waals surface area (Å²) >= 11 is 0. The molecule has 0 aliphatic carbocycles. The van der Waals surface area contributed by atoms with Gasteiger partial charge in [0.05, 0.1) is 12.2 Å². The van der Waals surface area contributed by atoms with E-state index < -0.39 is 29.9 Å². The second-order valence-corrected chi connectivity index (χ2v) is 5.45. The SMILES string of the molecule is CC(C)OC(=O)[C@H]1OC(C)(C)O[C@@H]1C(=O)OC(C)C. The summed E-state index contributed by atoms with van der Waals surface area (Å²) in [5, 5.41) is 0. The molecule has 6 heteroatoms. The number of hydrogen-bond donors (Lipinski definition) is 0. The lowest BCUT2D eigenvalue weighted by atomic mass is 10.2. The number of esters is 2. The van der Waals surface area contributed by atoms with Crippen LogP contribution in [-0.4, -0.2) is 42.1 Å². The first kappa shape index (κ1) is 15.9. The topological polar surface area (TPSA) is 71.1 Å². The summed E-state index contributed by atoms with van der Waals surface area (Å²) < 4.78 is 21.0. The Bertz CT molecular complexity index is 315. The predicted octanol–water partition coefficient (Wildman–Crippen LogP) is 1.41. The van der Waals surface area contributed by atoms with E-state index in [0.29, 0.717) is 0 Å². The van der Waals surface area contributed by atoms with Crippen LogP contribution in [0.5, 0.6) is 0 Å². The Morgan fingerprint density at radius 2 is 1.21 bits per heavy atom. The van der Waals surface area contributed by atoms with Gasteiger partial charge in [0.15, 0.2) is 18.0 Å². The zero-order valence-corrected chi connectivity index (χ0v) is 12.3. The Hall–Kier alpha value is -1.14. The van der Waals surface area contributed by atoms with Crippen molar-refractivity contribution in [1.29, 1.82) is 0 Å². The second kappa shape index (κ2) is 5.88. The molecule has 1 heterocycles. The molecule has 0 aromatic heterocycles. The van der Waals surface area contributed by atoms with Gasteiger partial charge in [0.1, 0.15) is 0 Å². The van der Waals surface area contributed by atoms with E-state index in [0.717, 1.165) is 0 Å². The van der Waals surface area contributed by atoms with Gasteiger partial charge in [-0.3, -0.25) is 0 Å². The van der Waals surface area contributed by atoms with Crippen molar-refractivity contribution < 1.29 is 28.5 Å². The van der Waals surface area contributed by atoms with Gasteiger partial charge in [0.25, 0.3) is 0 Å². The van der Waals surface area contributed by atoms with Crippen LogP contribution in [0.3, 0.4) is 0 Å². The van der Waals surface area contributed by atoms with Gasteiger partial charge in [0, 0.05) is 0 Å². The van der Waals surface area contributed by atoms with E-state index in [4.69, 9.17) is 18.9 Å². The van der Waals surface area contributed by atoms with E-state index in [-0.39, 0.29) is 12.2 Å². The fourth-order valence-electron chi connectivity index (χ4n) is 1.71. The van der Waals surface area contributed by atoms with Crippen molar-refractivity contribution in [2.75, 3.05) is 0 Å². The number of ether oxygens (including phenoxy) is 4. The molecule has 0 unspecified atom stereocenters. The molecule has 0 saturated carbocycles. The third-order valence-corrected chi connectivity index (χ3v) is 2.26. The molecule has 1 saturated heterocycles. The van der Waals surface area contributed by atoms with Crippen molar-refractivity contribution in [3.63, 3.8) is 0 Å². The average molecular weight is 274 g/mol. The molecule has 1 rings (SSSR count). The smallest absolute Gasteiger partial charge is 0.339 e. The molecule has 0 aromatic carbocycles. The zero-order chi connectivity index (χ0) is 14.8. The fraction of sp³-hybridized carbons (Fsp3) is 0.846. The Morgan fingerprint density at radius 3 is 1.47 bits per heavy atom. The summed E-state index contributed by atoms with van der Waals surface area (Å²) in [5.41, 5.74) is 0. The Morgan fingerprint density at radius 1 is 0.895 bits per heavy atom. The molecule has 2 atom stereocenters. The van der Waals surface area contributed by atoms with Gasteiger partial charge in [0.2, 0.25) is 0 Å². The molecule has 1 aliphatic rings. The first-order chi connectivity index (χ1) is 8.62. The molecule has 6 nitrogen and oxygen atoms in total. The molecule has 0 bridgehead atoms. The number of hydrogen-bond acceptors (Lipinski definition) is 6. The van der Waals surface area contributed by atoms with Crippen molar-refractivity contribution in [3.8, 4) is 0 Å². The fourth-order valence-corrected chi connectivity index (χ4v) is 1.71. The van der Waals surface area contributed by atoms with Crippen molar-refractivity contribution >= 4 is 11.9 Å². The second-order valence-electron chi connectivity index (χ2n) is 5.45. The largest absolute Gasteiger partial charge is 0.461 e. The zero-order valence-electron chi connectivity index (χ0n) is 12.3. The summed E-state index contributed by atoms with van der Waals surface area (Å²) in [4.78, 5) is 23.8. The molecule has 0 radical (unpaired) electrons. The van der Waals surface area contributed by atoms with Crippen LogP contribution in [0, 0.1) is 0 Å². The van der Waals surface area contributed by atoms with E-state index >= 15 is 0 Å². The van der Waals surface area contributed by atoms with Gasteiger partial charge in [-0.2, -0.15) is 0 Å². The maximum atomic E-state index is 11.9. The van der Waals surface area contributed by atoms with Crippen molar-refractivity contribution in [1.82, 2.24) is 0 Å². The standard InChI is InChI=1S/C13H22O6/c1-7(2)16-11(14)9-10(12(15)17-8(3)4)19-13(5,6)18-9/h7-10H,1-6H3/t9-,10-/m0/s1. The minimum absolute atomic E-state index is 0.290. The van der Waals surface area contributed by atoms with Gasteiger partial charge < -0.3 is 18.9 Å². The van der Waals surface area contributed by atoms with Crippen LogP contribution in [0.1, 0.15) is 41.5 Å². The molecule has 110 valence electrons. The van der Waals surface area contributed by atoms with E-state index in [1.165, 1.54) is 0 Å². The summed E-state index contributed by atoms with van der Waals surface area (Å²) in [7, 11) is 0. The lowest BCUT2D eigenvalue weighted by molar-refractivity contribution is -0.175. The van der Waals surface area contributed by atoms with Crippen LogP contribution in [0.4, 0.5) is 0 Å². The minimum Gasteiger partial charge on any atom is -0.461 e. The van der Waals surface area contributed by atoms with E-state index in [1.54, 1.807) is 41.5 Å². The Labute approximate surface area is 113 Å². The molecule has 0 N–H and O–H groups in total. The summed E-state index contributed by atoms with van der Waals surface area (Å²) in [6.45, 7) is 10.2. The maximum absolute atomic E-state index is 11.9. The Balaban J connectivity index is 2.81. The number of rotatable bonds is 4. The maximum Gasteiger partial charge on any atom is 0.339 e. The van der Waals surface area contributed by atoms with Crippen LogP contribution in [-0.2, 0) is 28.5 Å². The minimum atomic E-state index is -1.09. The first-order valence-corrected chi connectivity index (χ1v) is 6.39. The molecule has 1 fully saturated rings. The van der Waals surface area contributed by atoms with Crippen molar-refractivity contribution in [2.24, 2.45) is 0 Å². The summed E-state index contributed by atoms with van der Waals surface area (Å²) in [6, 6.07) is 0. The van der Waals surface area contributed by atoms with E-state index in [9.17, 15) is 9.59 Å². The summed E-state index contributed by atoms with van der Waals surface area (Å²) in [5.74, 6) is -2.26. The van der Waals surface area contributed by atoms with Crippen LogP contribution < -0.4 is 0 Å². The molecule has 0 spiro atoms. The quantitative estimate of drug-likeness (QED) is 0.722. The van der Waals surface area contributed by atoms with Gasteiger partial charge in [-0.05, 0) is 41.5 Å². The molecule has 1 aliphatic heterocycles. The number of carbonyl (C=O) groups excluding carboxylic acids is 2.